The van der Waals surface area contributed by atoms with Crippen LogP contribution in [0.2, 0.25) is 0 Å². The molecule has 0 aliphatic carbocycles. The van der Waals surface area contributed by atoms with Gasteiger partial charge in [0.25, 0.3) is 5.56 Å². The molecule has 0 spiro atoms. The van der Waals surface area contributed by atoms with E-state index in [1.165, 1.54) is 10.7 Å². The number of para-hydroxylation sites is 1. The van der Waals surface area contributed by atoms with Crippen LogP contribution in [0.15, 0.2) is 81.1 Å². The van der Waals surface area contributed by atoms with Crippen LogP contribution in [0.4, 0.5) is 4.39 Å². The molecule has 0 unspecified atom stereocenters. The number of nitrogens with zero attached hydrogens (tertiary/aromatic N) is 4. The lowest BCUT2D eigenvalue weighted by Crippen LogP contribution is -2.29. The van der Waals surface area contributed by atoms with Crippen LogP contribution >= 0.6 is 15.9 Å². The van der Waals surface area contributed by atoms with Gasteiger partial charge >= 0.3 is 0 Å². The number of fused-ring (bicyclic) bond motifs is 2. The van der Waals surface area contributed by atoms with E-state index < -0.39 is 5.41 Å². The molecule has 0 fully saturated rings. The molecule has 0 amide bonds. The van der Waals surface area contributed by atoms with Crippen LogP contribution in [0.5, 0.6) is 0 Å². The quantitative estimate of drug-likeness (QED) is 0.234. The van der Waals surface area contributed by atoms with Crippen molar-refractivity contribution in [2.45, 2.75) is 39.7 Å². The molecule has 0 saturated carbocycles. The summed E-state index contributed by atoms with van der Waals surface area (Å²) in [6.45, 7) is 8.42. The second kappa shape index (κ2) is 9.13. The number of benzene rings is 3. The van der Waals surface area contributed by atoms with E-state index in [2.05, 4.69) is 25.6 Å². The van der Waals surface area contributed by atoms with E-state index in [1.807, 2.05) is 70.2 Å². The van der Waals surface area contributed by atoms with Crippen molar-refractivity contribution in [3.05, 3.63) is 110 Å². The summed E-state index contributed by atoms with van der Waals surface area (Å²) in [6, 6.07) is 20.3. The van der Waals surface area contributed by atoms with Crippen molar-refractivity contribution < 1.29 is 4.39 Å². The van der Waals surface area contributed by atoms with E-state index in [9.17, 15) is 9.18 Å². The van der Waals surface area contributed by atoms with Crippen LogP contribution in [-0.4, -0.2) is 20.4 Å². The predicted octanol–water partition coefficient (Wildman–Crippen LogP) is 6.79. The number of rotatable bonds is 4. The van der Waals surface area contributed by atoms with Gasteiger partial charge in [-0.1, -0.05) is 73.1 Å². The standard InChI is InChI=1S/C29H26BrFN4O/c1-18-23(21-10-6-8-12-26(21)34(18)17-19-9-5-7-11-24(19)31)16-32-35-27(36)22-15-20(30)13-14-25(22)33-28(35)29(2,3)4/h5-16H,17H2,1-4H3. The predicted molar refractivity (Wildman–Crippen MR) is 148 cm³/mol. The number of hydrogen-bond donors (Lipinski definition) is 0. The molecule has 36 heavy (non-hydrogen) atoms. The van der Waals surface area contributed by atoms with Gasteiger partial charge in [-0.05, 0) is 37.3 Å². The molecule has 5 rings (SSSR count). The molecule has 182 valence electrons. The molecule has 0 radical (unpaired) electrons. The molecule has 5 nitrogen and oxygen atoms in total. The van der Waals surface area contributed by atoms with Gasteiger partial charge in [-0.25, -0.2) is 9.37 Å². The lowest BCUT2D eigenvalue weighted by molar-refractivity contribution is 0.506. The maximum Gasteiger partial charge on any atom is 0.282 e. The highest BCUT2D eigenvalue weighted by atomic mass is 79.9. The summed E-state index contributed by atoms with van der Waals surface area (Å²) in [6.07, 6.45) is 1.72. The highest BCUT2D eigenvalue weighted by Crippen LogP contribution is 2.27. The van der Waals surface area contributed by atoms with Crippen LogP contribution in [0.1, 0.15) is 43.4 Å². The van der Waals surface area contributed by atoms with Gasteiger partial charge in [0.1, 0.15) is 11.6 Å². The lowest BCUT2D eigenvalue weighted by atomic mass is 9.95. The van der Waals surface area contributed by atoms with Crippen molar-refractivity contribution in [1.82, 2.24) is 14.2 Å². The van der Waals surface area contributed by atoms with Crippen LogP contribution in [0.3, 0.4) is 0 Å². The van der Waals surface area contributed by atoms with E-state index in [0.29, 0.717) is 28.8 Å². The average molecular weight is 545 g/mol. The second-order valence-electron chi connectivity index (χ2n) is 9.90. The Morgan fingerprint density at radius 1 is 1.03 bits per heavy atom. The fourth-order valence-electron chi connectivity index (χ4n) is 4.48. The van der Waals surface area contributed by atoms with E-state index in [4.69, 9.17) is 4.98 Å². The fraction of sp³-hybridized carbons (Fsp3) is 0.207. The van der Waals surface area contributed by atoms with E-state index >= 15 is 0 Å². The minimum atomic E-state index is -0.411. The Labute approximate surface area is 217 Å². The molecule has 0 N–H and O–H groups in total. The van der Waals surface area contributed by atoms with Gasteiger partial charge < -0.3 is 4.57 Å². The topological polar surface area (TPSA) is 52.2 Å². The van der Waals surface area contributed by atoms with Gasteiger partial charge in [-0.15, -0.1) is 0 Å². The first-order valence-electron chi connectivity index (χ1n) is 11.7. The van der Waals surface area contributed by atoms with E-state index in [0.717, 1.165) is 26.6 Å². The Kier molecular flexibility index (Phi) is 6.12. The highest BCUT2D eigenvalue weighted by Gasteiger charge is 2.23. The smallest absolute Gasteiger partial charge is 0.282 e. The molecule has 0 aliphatic heterocycles. The molecule has 0 bridgehead atoms. The first kappa shape index (κ1) is 24.1. The number of hydrogen-bond acceptors (Lipinski definition) is 3. The minimum absolute atomic E-state index is 0.227. The molecule has 2 heterocycles. The molecule has 0 aliphatic rings. The monoisotopic (exact) mass is 544 g/mol. The third-order valence-electron chi connectivity index (χ3n) is 6.35. The van der Waals surface area contributed by atoms with Gasteiger partial charge in [-0.2, -0.15) is 9.78 Å². The Balaban J connectivity index is 1.69. The van der Waals surface area contributed by atoms with Gasteiger partial charge in [0, 0.05) is 37.6 Å². The highest BCUT2D eigenvalue weighted by molar-refractivity contribution is 9.10. The van der Waals surface area contributed by atoms with Crippen molar-refractivity contribution in [2.24, 2.45) is 5.10 Å². The normalized spacial score (nSPS) is 12.3. The summed E-state index contributed by atoms with van der Waals surface area (Å²) in [5.74, 6) is 0.339. The number of halogens is 2. The Morgan fingerprint density at radius 3 is 2.50 bits per heavy atom. The first-order valence-corrected chi connectivity index (χ1v) is 12.5. The zero-order valence-corrected chi connectivity index (χ0v) is 22.2. The lowest BCUT2D eigenvalue weighted by Gasteiger charge is -2.20. The van der Waals surface area contributed by atoms with Gasteiger partial charge in [0.05, 0.1) is 23.7 Å². The van der Waals surface area contributed by atoms with E-state index in [1.54, 1.807) is 24.4 Å². The minimum Gasteiger partial charge on any atom is -0.340 e. The summed E-state index contributed by atoms with van der Waals surface area (Å²) in [7, 11) is 0. The third kappa shape index (κ3) is 4.28. The second-order valence-corrected chi connectivity index (χ2v) is 10.8. The Bertz CT molecular complexity index is 1710. The molecule has 5 aromatic rings. The molecule has 2 aromatic heterocycles. The van der Waals surface area contributed by atoms with Crippen LogP contribution in [-0.2, 0) is 12.0 Å². The van der Waals surface area contributed by atoms with Crippen molar-refractivity contribution in [2.75, 3.05) is 0 Å². The largest absolute Gasteiger partial charge is 0.340 e. The summed E-state index contributed by atoms with van der Waals surface area (Å²) in [5, 5.41) is 6.16. The van der Waals surface area contributed by atoms with Gasteiger partial charge in [-0.3, -0.25) is 4.79 Å². The summed E-state index contributed by atoms with van der Waals surface area (Å²) >= 11 is 3.45. The van der Waals surface area contributed by atoms with E-state index in [-0.39, 0.29) is 11.4 Å². The Morgan fingerprint density at radius 2 is 1.75 bits per heavy atom. The molecule has 0 saturated heterocycles. The maximum atomic E-state index is 14.5. The SMILES string of the molecule is Cc1c(C=Nn2c(C(C)(C)C)nc3ccc(Br)cc3c2=O)c2ccccc2n1Cc1ccccc1F. The Hall–Kier alpha value is -3.58. The van der Waals surface area contributed by atoms with Crippen molar-refractivity contribution >= 4 is 44.0 Å². The molecule has 3 aromatic carbocycles. The van der Waals surface area contributed by atoms with Gasteiger partial charge in [0.2, 0.25) is 0 Å². The molecule has 7 heteroatoms. The van der Waals surface area contributed by atoms with Gasteiger partial charge in [0.15, 0.2) is 0 Å². The molecular weight excluding hydrogens is 519 g/mol. The zero-order valence-electron chi connectivity index (χ0n) is 20.6. The maximum absolute atomic E-state index is 14.5. The third-order valence-corrected chi connectivity index (χ3v) is 6.84. The van der Waals surface area contributed by atoms with Crippen molar-refractivity contribution in [1.29, 1.82) is 0 Å². The number of aromatic nitrogens is 3. The zero-order chi connectivity index (χ0) is 25.6. The summed E-state index contributed by atoms with van der Waals surface area (Å²) < 4.78 is 18.7. The molecule has 0 atom stereocenters. The fourth-order valence-corrected chi connectivity index (χ4v) is 4.84. The summed E-state index contributed by atoms with van der Waals surface area (Å²) in [4.78, 5) is 18.3. The molecular formula is C29H26BrFN4O. The first-order chi connectivity index (χ1) is 17.1. The van der Waals surface area contributed by atoms with Crippen molar-refractivity contribution in [3.8, 4) is 0 Å². The average Bonchev–Trinajstić information content (AvgIpc) is 3.10. The van der Waals surface area contributed by atoms with Crippen LogP contribution < -0.4 is 5.56 Å². The van der Waals surface area contributed by atoms with Crippen LogP contribution in [0, 0.1) is 12.7 Å². The van der Waals surface area contributed by atoms with Crippen molar-refractivity contribution in [3.63, 3.8) is 0 Å². The summed E-state index contributed by atoms with van der Waals surface area (Å²) in [5.41, 5.74) is 3.40. The van der Waals surface area contributed by atoms with Crippen LogP contribution in [0.25, 0.3) is 21.8 Å².